The van der Waals surface area contributed by atoms with Crippen molar-refractivity contribution in [1.29, 1.82) is 0 Å². The number of rotatable bonds is 4. The molecule has 0 saturated carbocycles. The monoisotopic (exact) mass is 421 g/mol. The van der Waals surface area contributed by atoms with E-state index in [2.05, 4.69) is 0 Å². The number of hydrogen-bond donors (Lipinski definition) is 0. The molecular weight excluding hydrogens is 402 g/mol. The smallest absolute Gasteiger partial charge is 0.270 e. The highest BCUT2D eigenvalue weighted by molar-refractivity contribution is 6.04. The highest BCUT2D eigenvalue weighted by atomic mass is 16.6. The molecule has 2 unspecified atom stereocenters. The first-order chi connectivity index (χ1) is 14.7. The second-order valence-electron chi connectivity index (χ2n) is 7.42. The van der Waals surface area contributed by atoms with Gasteiger partial charge in [-0.05, 0) is 44.2 Å². The van der Waals surface area contributed by atoms with Crippen molar-refractivity contribution < 1.29 is 19.2 Å². The van der Waals surface area contributed by atoms with E-state index in [9.17, 15) is 24.5 Å². The topological polar surface area (TPSA) is 112 Å². The van der Waals surface area contributed by atoms with E-state index in [4.69, 9.17) is 4.74 Å². The van der Waals surface area contributed by atoms with Crippen molar-refractivity contribution in [3.63, 3.8) is 0 Å². The van der Waals surface area contributed by atoms with Crippen LogP contribution < -0.4 is 15.2 Å². The standard InChI is InChI=1S/C22H19N3O6/c1-12(24-17-7-6-16(25(29)30)10-14(17)5-9-20(24)26)21(27)15-4-8-19-18(11-15)23(3)22(28)13(2)31-19/h4-13H,1-3H3. The number of hydrogen-bond acceptors (Lipinski definition) is 6. The number of fused-ring (bicyclic) bond motifs is 2. The molecule has 1 aliphatic heterocycles. The molecule has 158 valence electrons. The maximum Gasteiger partial charge on any atom is 0.270 e. The largest absolute Gasteiger partial charge is 0.479 e. The Bertz CT molecular complexity index is 1310. The van der Waals surface area contributed by atoms with Gasteiger partial charge in [-0.1, -0.05) is 0 Å². The van der Waals surface area contributed by atoms with Crippen LogP contribution in [-0.4, -0.2) is 34.3 Å². The maximum absolute atomic E-state index is 13.2. The Hall–Kier alpha value is -4.01. The number of carbonyl (C=O) groups is 2. The Labute approximate surface area is 176 Å². The van der Waals surface area contributed by atoms with E-state index in [0.717, 1.165) is 0 Å². The average Bonchev–Trinajstić information content (AvgIpc) is 2.76. The summed E-state index contributed by atoms with van der Waals surface area (Å²) in [5.41, 5.74) is 0.705. The van der Waals surface area contributed by atoms with Crippen LogP contribution >= 0.6 is 0 Å². The highest BCUT2D eigenvalue weighted by Crippen LogP contribution is 2.35. The number of Topliss-reactive ketones (excluding diaryl/α,β-unsaturated/α-hetero) is 1. The molecule has 3 aromatic rings. The summed E-state index contributed by atoms with van der Waals surface area (Å²) in [5.74, 6) is -0.0688. The van der Waals surface area contributed by atoms with Gasteiger partial charge in [-0.25, -0.2) is 0 Å². The number of benzene rings is 2. The number of amides is 1. The number of carbonyl (C=O) groups excluding carboxylic acids is 2. The number of pyridine rings is 1. The molecule has 2 aromatic carbocycles. The van der Waals surface area contributed by atoms with Crippen LogP contribution in [0.1, 0.15) is 30.2 Å². The third-order valence-corrected chi connectivity index (χ3v) is 5.48. The summed E-state index contributed by atoms with van der Waals surface area (Å²) in [7, 11) is 1.61. The van der Waals surface area contributed by atoms with Gasteiger partial charge in [-0.15, -0.1) is 0 Å². The second-order valence-corrected chi connectivity index (χ2v) is 7.42. The number of ether oxygens (including phenoxy) is 1. The van der Waals surface area contributed by atoms with Gasteiger partial charge >= 0.3 is 0 Å². The molecule has 0 radical (unpaired) electrons. The lowest BCUT2D eigenvalue weighted by Gasteiger charge is -2.30. The normalized spacial score (nSPS) is 16.5. The van der Waals surface area contributed by atoms with E-state index in [1.807, 2.05) is 0 Å². The van der Waals surface area contributed by atoms with Gasteiger partial charge in [0.2, 0.25) is 0 Å². The molecule has 0 fully saturated rings. The molecule has 0 bridgehead atoms. The summed E-state index contributed by atoms with van der Waals surface area (Å²) >= 11 is 0. The van der Waals surface area contributed by atoms with Crippen LogP contribution in [0.3, 0.4) is 0 Å². The van der Waals surface area contributed by atoms with E-state index >= 15 is 0 Å². The van der Waals surface area contributed by atoms with Gasteiger partial charge in [0.05, 0.1) is 22.2 Å². The molecule has 2 heterocycles. The zero-order chi connectivity index (χ0) is 22.4. The third-order valence-electron chi connectivity index (χ3n) is 5.48. The number of non-ortho nitro benzene ring substituents is 1. The molecule has 1 aliphatic rings. The predicted octanol–water partition coefficient (Wildman–Crippen LogP) is 3.10. The Morgan fingerprint density at radius 3 is 2.58 bits per heavy atom. The van der Waals surface area contributed by atoms with Crippen LogP contribution in [0.15, 0.2) is 53.3 Å². The number of nitro groups is 1. The van der Waals surface area contributed by atoms with E-state index < -0.39 is 22.6 Å². The molecule has 0 N–H and O–H groups in total. The van der Waals surface area contributed by atoms with E-state index in [1.165, 1.54) is 39.8 Å². The summed E-state index contributed by atoms with van der Waals surface area (Å²) in [4.78, 5) is 50.0. The summed E-state index contributed by atoms with van der Waals surface area (Å²) in [6.45, 7) is 3.25. The molecule has 4 rings (SSSR count). The molecule has 9 heteroatoms. The van der Waals surface area contributed by atoms with Gasteiger partial charge in [0.1, 0.15) is 5.75 Å². The Morgan fingerprint density at radius 1 is 1.13 bits per heavy atom. The van der Waals surface area contributed by atoms with Crippen LogP contribution in [0, 0.1) is 10.1 Å². The summed E-state index contributed by atoms with van der Waals surface area (Å²) in [6, 6.07) is 10.8. The van der Waals surface area contributed by atoms with Gasteiger partial charge in [0.15, 0.2) is 11.9 Å². The Balaban J connectivity index is 1.76. The number of nitrogens with zero attached hydrogens (tertiary/aromatic N) is 3. The van der Waals surface area contributed by atoms with Crippen LogP contribution in [-0.2, 0) is 4.79 Å². The summed E-state index contributed by atoms with van der Waals surface area (Å²) < 4.78 is 6.90. The highest BCUT2D eigenvalue weighted by Gasteiger charge is 2.30. The van der Waals surface area contributed by atoms with Crippen molar-refractivity contribution in [3.05, 3.63) is 74.6 Å². The number of anilines is 1. The first-order valence-electron chi connectivity index (χ1n) is 9.61. The van der Waals surface area contributed by atoms with Gasteiger partial charge in [0.25, 0.3) is 17.2 Å². The average molecular weight is 421 g/mol. The van der Waals surface area contributed by atoms with Crippen LogP contribution in [0.25, 0.3) is 10.9 Å². The molecule has 9 nitrogen and oxygen atoms in total. The lowest BCUT2D eigenvalue weighted by atomic mass is 10.0. The lowest BCUT2D eigenvalue weighted by Crippen LogP contribution is -2.42. The van der Waals surface area contributed by atoms with Gasteiger partial charge in [-0.3, -0.25) is 29.1 Å². The van der Waals surface area contributed by atoms with Crippen LogP contribution in [0.2, 0.25) is 0 Å². The van der Waals surface area contributed by atoms with Gasteiger partial charge < -0.3 is 9.64 Å². The number of aromatic nitrogens is 1. The molecule has 0 aliphatic carbocycles. The predicted molar refractivity (Wildman–Crippen MR) is 114 cm³/mol. The lowest BCUT2D eigenvalue weighted by molar-refractivity contribution is -0.384. The minimum absolute atomic E-state index is 0.103. The number of likely N-dealkylation sites (N-methyl/N-ethyl adjacent to an activating group) is 1. The minimum Gasteiger partial charge on any atom is -0.479 e. The molecule has 0 spiro atoms. The molecule has 1 amide bonds. The van der Waals surface area contributed by atoms with Gasteiger partial charge in [-0.2, -0.15) is 0 Å². The zero-order valence-electron chi connectivity index (χ0n) is 17.1. The first kappa shape index (κ1) is 20.3. The van der Waals surface area contributed by atoms with Crippen LogP contribution in [0.5, 0.6) is 5.75 Å². The summed E-state index contributed by atoms with van der Waals surface area (Å²) in [6.07, 6.45) is -0.615. The first-order valence-corrected chi connectivity index (χ1v) is 9.61. The Morgan fingerprint density at radius 2 is 1.87 bits per heavy atom. The SMILES string of the molecule is CC1Oc2ccc(C(=O)C(C)n3c(=O)ccc4cc([N+](=O)[O-])ccc43)cc2N(C)C1=O. The fourth-order valence-corrected chi connectivity index (χ4v) is 3.79. The third kappa shape index (κ3) is 3.33. The number of ketones is 1. The van der Waals surface area contributed by atoms with E-state index in [-0.39, 0.29) is 17.4 Å². The van der Waals surface area contributed by atoms with Crippen molar-refractivity contribution in [1.82, 2.24) is 4.57 Å². The van der Waals surface area contributed by atoms with Crippen molar-refractivity contribution in [2.75, 3.05) is 11.9 Å². The number of nitro benzene ring substituents is 1. The van der Waals surface area contributed by atoms with E-state index in [1.54, 1.807) is 39.1 Å². The second kappa shape index (κ2) is 7.35. The Kier molecular flexibility index (Phi) is 4.81. The summed E-state index contributed by atoms with van der Waals surface area (Å²) in [5, 5.41) is 11.5. The van der Waals surface area contributed by atoms with Crippen molar-refractivity contribution in [2.24, 2.45) is 0 Å². The molecule has 2 atom stereocenters. The van der Waals surface area contributed by atoms with E-state index in [0.29, 0.717) is 27.9 Å². The van der Waals surface area contributed by atoms with Crippen LogP contribution in [0.4, 0.5) is 11.4 Å². The fraction of sp³-hybridized carbons (Fsp3) is 0.227. The zero-order valence-corrected chi connectivity index (χ0v) is 17.1. The maximum atomic E-state index is 13.2. The quantitative estimate of drug-likeness (QED) is 0.364. The molecular formula is C22H19N3O6. The van der Waals surface area contributed by atoms with Gasteiger partial charge in [0, 0.05) is 36.2 Å². The molecule has 0 saturated heterocycles. The molecule has 1 aromatic heterocycles. The minimum atomic E-state index is -0.875. The molecule has 31 heavy (non-hydrogen) atoms. The van der Waals surface area contributed by atoms with Crippen molar-refractivity contribution in [3.8, 4) is 5.75 Å². The van der Waals surface area contributed by atoms with Crippen molar-refractivity contribution >= 4 is 34.0 Å². The van der Waals surface area contributed by atoms with Crippen molar-refractivity contribution in [2.45, 2.75) is 26.0 Å². The fourth-order valence-electron chi connectivity index (χ4n) is 3.79.